The lowest BCUT2D eigenvalue weighted by Crippen LogP contribution is -2.22. The Hall–Kier alpha value is -7.19. The molecule has 8 nitrogen and oxygen atoms in total. The minimum absolute atomic E-state index is 0.192. The maximum absolute atomic E-state index is 15.3. The lowest BCUT2D eigenvalue weighted by molar-refractivity contribution is 0.0813. The first kappa shape index (κ1) is 50.7. The first-order valence-electron chi connectivity index (χ1n) is 25.3. The number of aromatic amines is 1. The van der Waals surface area contributed by atoms with Gasteiger partial charge in [-0.3, -0.25) is 9.59 Å². The van der Waals surface area contributed by atoms with Gasteiger partial charge >= 0.3 is 0 Å². The fourth-order valence-corrected chi connectivity index (χ4v) is 10.5. The number of H-pyrrole nitrogens is 1. The van der Waals surface area contributed by atoms with Crippen molar-refractivity contribution in [1.82, 2.24) is 9.97 Å². The van der Waals surface area contributed by atoms with Crippen molar-refractivity contribution in [2.75, 3.05) is 28.4 Å². The number of hydrogen-bond donors (Lipinski definition) is 1. The van der Waals surface area contributed by atoms with Gasteiger partial charge in [-0.15, -0.1) is 0 Å². The fraction of sp³-hybridized carbons (Fsp3) is 0.338. The third-order valence-corrected chi connectivity index (χ3v) is 14.6. The van der Waals surface area contributed by atoms with Gasteiger partial charge in [0.05, 0.1) is 45.3 Å². The van der Waals surface area contributed by atoms with E-state index in [0.717, 1.165) is 88.4 Å². The largest absolute Gasteiger partial charge is 0.496 e. The van der Waals surface area contributed by atoms with Crippen LogP contribution >= 0.6 is 0 Å². The van der Waals surface area contributed by atoms with Gasteiger partial charge in [0.1, 0.15) is 34.5 Å². The van der Waals surface area contributed by atoms with Crippen molar-refractivity contribution >= 4 is 33.1 Å². The normalized spacial score (nSPS) is 13.4. The van der Waals surface area contributed by atoms with E-state index >= 15 is 9.59 Å². The second-order valence-corrected chi connectivity index (χ2v) is 23.9. The molecule has 0 amide bonds. The average Bonchev–Trinajstić information content (AvgIpc) is 3.77. The molecule has 1 heterocycles. The summed E-state index contributed by atoms with van der Waals surface area (Å²) in [4.78, 5) is 40.3. The quantitative estimate of drug-likeness (QED) is 0.135. The molecule has 8 bridgehead atoms. The second-order valence-electron chi connectivity index (χ2n) is 23.9. The van der Waals surface area contributed by atoms with Crippen LogP contribution in [-0.2, 0) is 34.5 Å². The molecule has 1 N–H and O–H groups in total. The molecule has 7 aromatic carbocycles. The van der Waals surface area contributed by atoms with Gasteiger partial charge in [0.25, 0.3) is 0 Å². The van der Waals surface area contributed by atoms with E-state index in [4.69, 9.17) is 23.9 Å². The van der Waals surface area contributed by atoms with Crippen molar-refractivity contribution in [3.63, 3.8) is 0 Å². The number of ketones is 2. The zero-order valence-corrected chi connectivity index (χ0v) is 45.6. The Morgan fingerprint density at radius 3 is 1.12 bits per heavy atom. The molecule has 0 atom stereocenters. The maximum atomic E-state index is 15.3. The van der Waals surface area contributed by atoms with E-state index in [1.807, 2.05) is 12.1 Å². The summed E-state index contributed by atoms with van der Waals surface area (Å²) >= 11 is 0. The van der Waals surface area contributed by atoms with Crippen LogP contribution in [0.4, 0.5) is 0 Å². The summed E-state index contributed by atoms with van der Waals surface area (Å²) in [7, 11) is 6.55. The average molecular weight is 975 g/mol. The lowest BCUT2D eigenvalue weighted by Gasteiger charge is -2.27. The van der Waals surface area contributed by atoms with Crippen LogP contribution in [-0.4, -0.2) is 50.0 Å². The van der Waals surface area contributed by atoms with Crippen LogP contribution in [0.3, 0.4) is 0 Å². The van der Waals surface area contributed by atoms with E-state index in [9.17, 15) is 0 Å². The molecule has 0 saturated heterocycles. The van der Waals surface area contributed by atoms with Crippen molar-refractivity contribution in [1.29, 1.82) is 0 Å². The molecule has 8 aromatic rings. The molecule has 9 rings (SSSR count). The van der Waals surface area contributed by atoms with Crippen LogP contribution in [0.5, 0.6) is 23.0 Å². The predicted octanol–water partition coefficient (Wildman–Crippen LogP) is 15.5. The Kier molecular flexibility index (Phi) is 12.8. The Morgan fingerprint density at radius 1 is 0.425 bits per heavy atom. The standard InChI is InChI=1S/C65H70N2O6/c1-62(2,3)42-28-38-26-40-30-44(64(7,8)9)34-50(59(40)72-15)55(68)56(69)51-35-45(65(10,11)12)31-41(60(51)73-16)27-39-29-43(63(4,5)6)33-49(58(39)71-14)54-53(48(32-42)57(38)70-13)66-61(67-54)52-46-23-19-17-21-36(46)25-37-22-18-20-24-47(37)52/h17-25,28-35H,26-27H2,1-16H3,(H,66,67). The minimum atomic E-state index is -0.680. The molecule has 376 valence electrons. The van der Waals surface area contributed by atoms with E-state index < -0.39 is 22.4 Å². The second kappa shape index (κ2) is 18.4. The zero-order valence-electron chi connectivity index (χ0n) is 45.6. The third-order valence-electron chi connectivity index (χ3n) is 14.6. The number of hydrogen-bond acceptors (Lipinski definition) is 7. The van der Waals surface area contributed by atoms with Gasteiger partial charge in [-0.2, -0.15) is 0 Å². The molecule has 0 spiro atoms. The molecule has 0 unspecified atom stereocenters. The highest BCUT2D eigenvalue weighted by Crippen LogP contribution is 2.49. The Labute approximate surface area is 431 Å². The van der Waals surface area contributed by atoms with Crippen molar-refractivity contribution in [3.05, 3.63) is 159 Å². The molecule has 0 radical (unpaired) electrons. The number of nitrogens with zero attached hydrogens (tertiary/aromatic N) is 1. The number of nitrogens with one attached hydrogen (secondary N) is 1. The van der Waals surface area contributed by atoms with Gasteiger partial charge in [0.2, 0.25) is 11.6 Å². The van der Waals surface area contributed by atoms with Crippen molar-refractivity contribution < 1.29 is 28.5 Å². The summed E-state index contributed by atoms with van der Waals surface area (Å²) in [6.45, 7) is 25.9. The number of Topliss-reactive ketones (excluding diaryl/α,β-unsaturated/α-hetero) is 2. The van der Waals surface area contributed by atoms with Gasteiger partial charge in [-0.05, 0) is 118 Å². The number of imidazole rings is 1. The van der Waals surface area contributed by atoms with E-state index in [1.165, 1.54) is 0 Å². The van der Waals surface area contributed by atoms with E-state index in [-0.39, 0.29) is 22.0 Å². The van der Waals surface area contributed by atoms with Gasteiger partial charge in [0, 0.05) is 29.5 Å². The number of fused-ring (bicyclic) bond motifs is 13. The van der Waals surface area contributed by atoms with Gasteiger partial charge in [0.15, 0.2) is 0 Å². The van der Waals surface area contributed by atoms with E-state index in [0.29, 0.717) is 47.4 Å². The number of methoxy groups -OCH3 is 4. The van der Waals surface area contributed by atoms with Crippen molar-refractivity contribution in [2.45, 2.75) is 118 Å². The highest BCUT2D eigenvalue weighted by Gasteiger charge is 2.34. The maximum Gasteiger partial charge on any atom is 0.237 e. The van der Waals surface area contributed by atoms with Crippen LogP contribution in [0.1, 0.15) is 148 Å². The molecule has 0 fully saturated rings. The number of aromatic nitrogens is 2. The van der Waals surface area contributed by atoms with Crippen LogP contribution < -0.4 is 18.9 Å². The number of benzene rings is 7. The van der Waals surface area contributed by atoms with Crippen molar-refractivity contribution in [2.24, 2.45) is 0 Å². The Balaban J connectivity index is 1.50. The first-order valence-corrected chi connectivity index (χ1v) is 25.3. The molecule has 1 aromatic heterocycles. The molecular weight excluding hydrogens is 905 g/mol. The predicted molar refractivity (Wildman–Crippen MR) is 298 cm³/mol. The monoisotopic (exact) mass is 975 g/mol. The van der Waals surface area contributed by atoms with Crippen LogP contribution in [0.2, 0.25) is 0 Å². The van der Waals surface area contributed by atoms with Gasteiger partial charge < -0.3 is 23.9 Å². The van der Waals surface area contributed by atoms with Crippen LogP contribution in [0.25, 0.3) is 55.4 Å². The first-order chi connectivity index (χ1) is 34.4. The SMILES string of the molecule is COc1c2cc(C(C)(C)C)cc1C(=O)C(=O)c1cc(C(C)(C)C)cc(c1OC)Cc1cc(C(C)(C)C)cc(c1OC)-c1[nH]c(-c3c4ccccc4cc4ccccc34)nc1-c1cc(C(C)(C)C)cc(c1OC)C2. The molecule has 73 heavy (non-hydrogen) atoms. The molecule has 1 aliphatic carbocycles. The van der Waals surface area contributed by atoms with E-state index in [2.05, 4.69) is 179 Å². The molecule has 0 saturated carbocycles. The van der Waals surface area contributed by atoms with Gasteiger partial charge in [-0.25, -0.2) is 4.98 Å². The number of ether oxygens (including phenoxy) is 4. The zero-order chi connectivity index (χ0) is 52.7. The Bertz CT molecular complexity index is 3300. The fourth-order valence-electron chi connectivity index (χ4n) is 10.5. The number of rotatable bonds is 5. The van der Waals surface area contributed by atoms with Crippen LogP contribution in [0.15, 0.2) is 103 Å². The Morgan fingerprint density at radius 2 is 0.753 bits per heavy atom. The molecule has 8 heteroatoms. The number of carbonyl (C=O) groups is 2. The van der Waals surface area contributed by atoms with Crippen molar-refractivity contribution in [3.8, 4) is 56.9 Å². The number of carbonyl (C=O) groups excluding carboxylic acids is 2. The van der Waals surface area contributed by atoms with E-state index in [1.54, 1.807) is 28.4 Å². The molecule has 0 aliphatic heterocycles. The summed E-state index contributed by atoms with van der Waals surface area (Å²) in [6, 6.07) is 35.9. The summed E-state index contributed by atoms with van der Waals surface area (Å²) in [5.41, 5.74) is 10.1. The lowest BCUT2D eigenvalue weighted by atomic mass is 9.79. The minimum Gasteiger partial charge on any atom is -0.496 e. The molecular formula is C65H70N2O6. The summed E-state index contributed by atoms with van der Waals surface area (Å²) < 4.78 is 25.8. The van der Waals surface area contributed by atoms with Gasteiger partial charge in [-0.1, -0.05) is 156 Å². The summed E-state index contributed by atoms with van der Waals surface area (Å²) in [5.74, 6) is 1.28. The highest BCUT2D eigenvalue weighted by molar-refractivity contribution is 6.50. The molecule has 1 aliphatic rings. The summed E-state index contributed by atoms with van der Waals surface area (Å²) in [5, 5.41) is 4.34. The topological polar surface area (TPSA) is 99.7 Å². The highest BCUT2D eigenvalue weighted by atomic mass is 16.5. The van der Waals surface area contributed by atoms with Crippen LogP contribution in [0, 0.1) is 0 Å². The smallest absolute Gasteiger partial charge is 0.237 e. The summed E-state index contributed by atoms with van der Waals surface area (Å²) in [6.07, 6.45) is 0.619. The third kappa shape index (κ3) is 9.19.